The van der Waals surface area contributed by atoms with Crippen LogP contribution in [0, 0.1) is 0 Å². The Hall–Kier alpha value is -1.75. The van der Waals surface area contributed by atoms with E-state index < -0.39 is 5.97 Å². The van der Waals surface area contributed by atoms with Crippen LogP contribution < -0.4 is 10.5 Å². The molecule has 1 heterocycles. The van der Waals surface area contributed by atoms with Gasteiger partial charge < -0.3 is 20.1 Å². The van der Waals surface area contributed by atoms with Crippen LogP contribution in [-0.2, 0) is 4.74 Å². The topological polar surface area (TPSA) is 64.8 Å². The van der Waals surface area contributed by atoms with Crippen molar-refractivity contribution in [2.75, 3.05) is 33.0 Å². The molecule has 0 bridgehead atoms. The number of nitrogens with zero attached hydrogens (tertiary/aromatic N) is 1. The summed E-state index contributed by atoms with van der Waals surface area (Å²) < 4.78 is 10.4. The number of hydrogen-bond acceptors (Lipinski definition) is 5. The molecule has 20 heavy (non-hydrogen) atoms. The van der Waals surface area contributed by atoms with Crippen LogP contribution in [-0.4, -0.2) is 44.2 Å². The summed E-state index contributed by atoms with van der Waals surface area (Å²) >= 11 is 0. The number of esters is 1. The molecular weight excluding hydrogens is 256 g/mol. The Bertz CT molecular complexity index is 476. The van der Waals surface area contributed by atoms with Gasteiger partial charge in [0.15, 0.2) is 0 Å². The van der Waals surface area contributed by atoms with Crippen LogP contribution >= 0.6 is 0 Å². The summed E-state index contributed by atoms with van der Waals surface area (Å²) in [6.45, 7) is 1.76. The number of nitrogen functional groups attached to an aromatic ring is 1. The highest BCUT2D eigenvalue weighted by Gasteiger charge is 2.20. The molecule has 0 aliphatic carbocycles. The molecule has 1 unspecified atom stereocenters. The Kier molecular flexibility index (Phi) is 4.84. The van der Waals surface area contributed by atoms with Crippen LogP contribution in [0.2, 0.25) is 0 Å². The normalized spacial score (nSPS) is 19.0. The fraction of sp³-hybridized carbons (Fsp3) is 0.533. The number of rotatable bonds is 5. The van der Waals surface area contributed by atoms with Gasteiger partial charge in [0.2, 0.25) is 0 Å². The summed E-state index contributed by atoms with van der Waals surface area (Å²) in [5.41, 5.74) is 6.64. The average molecular weight is 278 g/mol. The molecule has 1 atom stereocenters. The van der Waals surface area contributed by atoms with E-state index in [1.54, 1.807) is 18.2 Å². The monoisotopic (exact) mass is 278 g/mol. The fourth-order valence-electron chi connectivity index (χ4n) is 2.61. The molecule has 1 aliphatic heterocycles. The van der Waals surface area contributed by atoms with Gasteiger partial charge in [-0.15, -0.1) is 0 Å². The summed E-state index contributed by atoms with van der Waals surface area (Å²) in [6, 6.07) is 5.75. The molecule has 2 rings (SSSR count). The van der Waals surface area contributed by atoms with Crippen LogP contribution in [0.15, 0.2) is 18.2 Å². The van der Waals surface area contributed by atoms with E-state index in [1.165, 1.54) is 20.0 Å². The fourth-order valence-corrected chi connectivity index (χ4v) is 2.61. The highest BCUT2D eigenvalue weighted by Crippen LogP contribution is 2.26. The van der Waals surface area contributed by atoms with Crippen molar-refractivity contribution in [1.82, 2.24) is 4.90 Å². The zero-order valence-corrected chi connectivity index (χ0v) is 12.1. The summed E-state index contributed by atoms with van der Waals surface area (Å²) in [7, 11) is 3.48. The van der Waals surface area contributed by atoms with E-state index >= 15 is 0 Å². The molecular formula is C15H22N2O3. The number of hydrogen-bond donors (Lipinski definition) is 1. The molecule has 2 N–H and O–H groups in total. The van der Waals surface area contributed by atoms with Gasteiger partial charge in [-0.3, -0.25) is 0 Å². The second kappa shape index (κ2) is 6.61. The predicted octanol–water partition coefficient (Wildman–Crippen LogP) is 1.92. The minimum Gasteiger partial charge on any atom is -0.491 e. The van der Waals surface area contributed by atoms with Crippen molar-refractivity contribution in [2.24, 2.45) is 0 Å². The quantitative estimate of drug-likeness (QED) is 0.658. The van der Waals surface area contributed by atoms with E-state index in [9.17, 15) is 4.79 Å². The Labute approximate surface area is 119 Å². The second-order valence-corrected chi connectivity index (χ2v) is 5.12. The Morgan fingerprint density at radius 1 is 1.50 bits per heavy atom. The van der Waals surface area contributed by atoms with Gasteiger partial charge >= 0.3 is 5.97 Å². The Balaban J connectivity index is 1.94. The van der Waals surface area contributed by atoms with Crippen molar-refractivity contribution in [1.29, 1.82) is 0 Å². The lowest BCUT2D eigenvalue weighted by Gasteiger charge is -2.19. The van der Waals surface area contributed by atoms with Gasteiger partial charge in [0, 0.05) is 6.04 Å². The standard InChI is InChI=1S/C15H22N2O3/c1-17-9-4-5-11(17)8-10-20-13-7-3-6-12(14(13)16)15(18)19-2/h3,6-7,11H,4-5,8-10,16H2,1-2H3. The minimum absolute atomic E-state index is 0.346. The maximum atomic E-state index is 11.5. The summed E-state index contributed by atoms with van der Waals surface area (Å²) in [5, 5.41) is 0. The Morgan fingerprint density at radius 3 is 2.95 bits per heavy atom. The third-order valence-electron chi connectivity index (χ3n) is 3.85. The van der Waals surface area contributed by atoms with Crippen molar-refractivity contribution in [3.8, 4) is 5.75 Å². The van der Waals surface area contributed by atoms with Gasteiger partial charge in [0.05, 0.1) is 25.0 Å². The maximum absolute atomic E-state index is 11.5. The number of carbonyl (C=O) groups excluding carboxylic acids is 1. The molecule has 110 valence electrons. The molecule has 1 fully saturated rings. The van der Waals surface area contributed by atoms with E-state index in [0.717, 1.165) is 13.0 Å². The van der Waals surface area contributed by atoms with Crippen molar-refractivity contribution >= 4 is 11.7 Å². The van der Waals surface area contributed by atoms with Crippen molar-refractivity contribution < 1.29 is 14.3 Å². The predicted molar refractivity (Wildman–Crippen MR) is 78.0 cm³/mol. The molecule has 5 heteroatoms. The number of ether oxygens (including phenoxy) is 2. The highest BCUT2D eigenvalue weighted by molar-refractivity contribution is 5.96. The van der Waals surface area contributed by atoms with Crippen LogP contribution in [0.3, 0.4) is 0 Å². The summed E-state index contributed by atoms with van der Waals surface area (Å²) in [4.78, 5) is 13.9. The molecule has 0 amide bonds. The van der Waals surface area contributed by atoms with Crippen LogP contribution in [0.4, 0.5) is 5.69 Å². The molecule has 0 radical (unpaired) electrons. The minimum atomic E-state index is -0.441. The SMILES string of the molecule is COC(=O)c1cccc(OCCC2CCCN2C)c1N. The van der Waals surface area contributed by atoms with Gasteiger partial charge in [-0.25, -0.2) is 4.79 Å². The number of carbonyl (C=O) groups is 1. The first-order chi connectivity index (χ1) is 9.63. The zero-order valence-electron chi connectivity index (χ0n) is 12.1. The molecule has 1 saturated heterocycles. The molecule has 0 spiro atoms. The first kappa shape index (κ1) is 14.7. The van der Waals surface area contributed by atoms with Crippen LogP contribution in [0.1, 0.15) is 29.6 Å². The lowest BCUT2D eigenvalue weighted by molar-refractivity contribution is 0.0601. The smallest absolute Gasteiger partial charge is 0.340 e. The summed E-state index contributed by atoms with van der Waals surface area (Å²) in [5.74, 6) is 0.108. The lowest BCUT2D eigenvalue weighted by atomic mass is 10.1. The first-order valence-corrected chi connectivity index (χ1v) is 6.93. The summed E-state index contributed by atoms with van der Waals surface area (Å²) in [6.07, 6.45) is 3.44. The van der Waals surface area contributed by atoms with E-state index in [1.807, 2.05) is 0 Å². The van der Waals surface area contributed by atoms with Crippen LogP contribution in [0.25, 0.3) is 0 Å². The van der Waals surface area contributed by atoms with Crippen molar-refractivity contribution in [3.05, 3.63) is 23.8 Å². The van der Waals surface area contributed by atoms with E-state index in [-0.39, 0.29) is 0 Å². The van der Waals surface area contributed by atoms with Gasteiger partial charge in [0.1, 0.15) is 5.75 Å². The molecule has 0 aromatic heterocycles. The number of para-hydroxylation sites is 1. The number of benzene rings is 1. The highest BCUT2D eigenvalue weighted by atomic mass is 16.5. The van der Waals surface area contributed by atoms with Crippen molar-refractivity contribution in [2.45, 2.75) is 25.3 Å². The van der Waals surface area contributed by atoms with E-state index in [2.05, 4.69) is 11.9 Å². The van der Waals surface area contributed by atoms with Gasteiger partial charge in [-0.1, -0.05) is 6.07 Å². The van der Waals surface area contributed by atoms with Crippen molar-refractivity contribution in [3.63, 3.8) is 0 Å². The molecule has 5 nitrogen and oxygen atoms in total. The maximum Gasteiger partial charge on any atom is 0.340 e. The molecule has 1 aromatic rings. The molecule has 1 aliphatic rings. The van der Waals surface area contributed by atoms with E-state index in [0.29, 0.717) is 29.6 Å². The molecule has 0 saturated carbocycles. The zero-order chi connectivity index (χ0) is 14.5. The number of nitrogens with two attached hydrogens (primary N) is 1. The third kappa shape index (κ3) is 3.22. The lowest BCUT2D eigenvalue weighted by Crippen LogP contribution is -2.26. The van der Waals surface area contributed by atoms with Gasteiger partial charge in [-0.05, 0) is 45.0 Å². The van der Waals surface area contributed by atoms with Crippen LogP contribution in [0.5, 0.6) is 5.75 Å². The number of likely N-dealkylation sites (tertiary alicyclic amines) is 1. The van der Waals surface area contributed by atoms with Gasteiger partial charge in [-0.2, -0.15) is 0 Å². The average Bonchev–Trinajstić information content (AvgIpc) is 2.85. The number of methoxy groups -OCH3 is 1. The Morgan fingerprint density at radius 2 is 2.30 bits per heavy atom. The second-order valence-electron chi connectivity index (χ2n) is 5.12. The largest absolute Gasteiger partial charge is 0.491 e. The first-order valence-electron chi connectivity index (χ1n) is 6.93. The molecule has 1 aromatic carbocycles. The third-order valence-corrected chi connectivity index (χ3v) is 3.85. The number of anilines is 1. The van der Waals surface area contributed by atoms with Gasteiger partial charge in [0.25, 0.3) is 0 Å². The van der Waals surface area contributed by atoms with E-state index in [4.69, 9.17) is 15.2 Å².